The molecule has 1 unspecified atom stereocenters. The first-order chi connectivity index (χ1) is 11.6. The van der Waals surface area contributed by atoms with Crippen LogP contribution in [-0.4, -0.2) is 34.2 Å². The molecule has 3 rings (SSSR count). The minimum atomic E-state index is 0. The summed E-state index contributed by atoms with van der Waals surface area (Å²) in [6.07, 6.45) is 2.89. The van der Waals surface area contributed by atoms with E-state index in [4.69, 9.17) is 0 Å². The summed E-state index contributed by atoms with van der Waals surface area (Å²) >= 11 is 0. The molecule has 1 saturated heterocycles. The van der Waals surface area contributed by atoms with E-state index in [-0.39, 0.29) is 18.3 Å². The molecule has 7 heteroatoms. The molecule has 1 aliphatic heterocycles. The summed E-state index contributed by atoms with van der Waals surface area (Å²) in [7, 11) is 0. The molecule has 3 N–H and O–H groups in total. The number of nitrogens with zero attached hydrogens (tertiary/aromatic N) is 2. The number of aromatic amines is 1. The van der Waals surface area contributed by atoms with Crippen LogP contribution >= 0.6 is 12.4 Å². The number of halogens is 1. The van der Waals surface area contributed by atoms with Gasteiger partial charge in [-0.15, -0.1) is 12.4 Å². The van der Waals surface area contributed by atoms with Crippen molar-refractivity contribution in [3.05, 3.63) is 30.1 Å². The van der Waals surface area contributed by atoms with Crippen LogP contribution in [0.5, 0.6) is 0 Å². The first kappa shape index (κ1) is 19.4. The van der Waals surface area contributed by atoms with Gasteiger partial charge in [-0.05, 0) is 56.8 Å². The Morgan fingerprint density at radius 2 is 2.12 bits per heavy atom. The van der Waals surface area contributed by atoms with Crippen LogP contribution in [0.1, 0.15) is 32.0 Å². The van der Waals surface area contributed by atoms with Crippen molar-refractivity contribution in [2.24, 2.45) is 11.8 Å². The average molecular weight is 364 g/mol. The molecule has 1 fully saturated rings. The zero-order valence-corrected chi connectivity index (χ0v) is 15.5. The quantitative estimate of drug-likeness (QED) is 0.762. The van der Waals surface area contributed by atoms with E-state index in [0.717, 1.165) is 43.0 Å². The van der Waals surface area contributed by atoms with Gasteiger partial charge in [-0.3, -0.25) is 9.89 Å². The third-order valence-electron chi connectivity index (χ3n) is 4.70. The first-order valence-electron chi connectivity index (χ1n) is 8.62. The molecular weight excluding hydrogens is 338 g/mol. The lowest BCUT2D eigenvalue weighted by molar-refractivity contribution is -0.117. The molecular formula is C18H26ClN5O. The molecule has 2 aromatic rings. The average Bonchev–Trinajstić information content (AvgIpc) is 3.02. The maximum atomic E-state index is 12.4. The van der Waals surface area contributed by atoms with E-state index in [1.165, 1.54) is 0 Å². The van der Waals surface area contributed by atoms with Crippen molar-refractivity contribution in [3.63, 3.8) is 0 Å². The Morgan fingerprint density at radius 3 is 2.80 bits per heavy atom. The maximum absolute atomic E-state index is 12.4. The highest BCUT2D eigenvalue weighted by molar-refractivity contribution is 5.91. The summed E-state index contributed by atoms with van der Waals surface area (Å²) in [5.41, 5.74) is 1.68. The number of carbonyl (C=O) groups excluding carboxylic acids is 1. The van der Waals surface area contributed by atoms with Gasteiger partial charge in [0.25, 0.3) is 0 Å². The number of aryl methyl sites for hydroxylation is 1. The highest BCUT2D eigenvalue weighted by Gasteiger charge is 2.22. The molecule has 2 heterocycles. The third kappa shape index (κ3) is 5.28. The Labute approximate surface area is 154 Å². The molecule has 1 aromatic heterocycles. The van der Waals surface area contributed by atoms with Crippen LogP contribution in [0, 0.1) is 18.8 Å². The van der Waals surface area contributed by atoms with Crippen LogP contribution < -0.4 is 10.6 Å². The van der Waals surface area contributed by atoms with Crippen molar-refractivity contribution >= 4 is 24.0 Å². The topological polar surface area (TPSA) is 82.7 Å². The van der Waals surface area contributed by atoms with E-state index < -0.39 is 0 Å². The summed E-state index contributed by atoms with van der Waals surface area (Å²) < 4.78 is 0. The maximum Gasteiger partial charge on any atom is 0.224 e. The molecule has 0 aliphatic carbocycles. The molecule has 25 heavy (non-hydrogen) atoms. The van der Waals surface area contributed by atoms with Crippen LogP contribution in [0.25, 0.3) is 11.4 Å². The van der Waals surface area contributed by atoms with Crippen LogP contribution in [0.3, 0.4) is 0 Å². The Morgan fingerprint density at radius 1 is 1.36 bits per heavy atom. The number of amides is 1. The SMILES string of the molecule is Cc1nc(-c2cccc(NC(=O)CC(C)C3CCNCC3)c2)n[nH]1.Cl. The normalized spacial score (nSPS) is 16.1. The Balaban J connectivity index is 0.00000225. The summed E-state index contributed by atoms with van der Waals surface area (Å²) in [5.74, 6) is 2.54. The van der Waals surface area contributed by atoms with E-state index >= 15 is 0 Å². The molecule has 0 bridgehead atoms. The number of H-pyrrole nitrogens is 1. The molecule has 136 valence electrons. The fourth-order valence-corrected chi connectivity index (χ4v) is 3.29. The molecule has 1 aliphatic rings. The fourth-order valence-electron chi connectivity index (χ4n) is 3.29. The summed E-state index contributed by atoms with van der Waals surface area (Å²) in [6, 6.07) is 7.66. The van der Waals surface area contributed by atoms with E-state index in [1.807, 2.05) is 31.2 Å². The minimum absolute atomic E-state index is 0. The monoisotopic (exact) mass is 363 g/mol. The second-order valence-electron chi connectivity index (χ2n) is 6.64. The van der Waals surface area contributed by atoms with Gasteiger partial charge in [0.2, 0.25) is 5.91 Å². The predicted octanol–water partition coefficient (Wildman–Crippen LogP) is 3.17. The number of hydrogen-bond donors (Lipinski definition) is 3. The zero-order chi connectivity index (χ0) is 16.9. The third-order valence-corrected chi connectivity index (χ3v) is 4.70. The van der Waals surface area contributed by atoms with Gasteiger partial charge in [-0.2, -0.15) is 5.10 Å². The summed E-state index contributed by atoms with van der Waals surface area (Å²) in [4.78, 5) is 16.7. The lowest BCUT2D eigenvalue weighted by atomic mass is 9.84. The first-order valence-corrected chi connectivity index (χ1v) is 8.62. The van der Waals surface area contributed by atoms with Crippen molar-refractivity contribution in [1.82, 2.24) is 20.5 Å². The van der Waals surface area contributed by atoms with Gasteiger partial charge in [0.1, 0.15) is 5.82 Å². The number of carbonyl (C=O) groups is 1. The van der Waals surface area contributed by atoms with Gasteiger partial charge in [0.15, 0.2) is 5.82 Å². The fraction of sp³-hybridized carbons (Fsp3) is 0.500. The highest BCUT2D eigenvalue weighted by Crippen LogP contribution is 2.25. The molecule has 6 nitrogen and oxygen atoms in total. The molecule has 0 spiro atoms. The molecule has 0 radical (unpaired) electrons. The number of aromatic nitrogens is 3. The predicted molar refractivity (Wildman–Crippen MR) is 102 cm³/mol. The van der Waals surface area contributed by atoms with E-state index in [2.05, 4.69) is 32.7 Å². The second kappa shape index (κ2) is 8.97. The molecule has 0 saturated carbocycles. The minimum Gasteiger partial charge on any atom is -0.326 e. The molecule has 1 amide bonds. The van der Waals surface area contributed by atoms with Gasteiger partial charge >= 0.3 is 0 Å². The highest BCUT2D eigenvalue weighted by atomic mass is 35.5. The Bertz CT molecular complexity index is 696. The summed E-state index contributed by atoms with van der Waals surface area (Å²) in [6.45, 7) is 6.18. The van der Waals surface area contributed by atoms with Crippen LogP contribution in [0.4, 0.5) is 5.69 Å². The summed E-state index contributed by atoms with van der Waals surface area (Å²) in [5, 5.41) is 13.4. The van der Waals surface area contributed by atoms with Crippen molar-refractivity contribution in [2.45, 2.75) is 33.1 Å². The Hall–Kier alpha value is -1.92. The Kier molecular flexibility index (Phi) is 6.96. The van der Waals surface area contributed by atoms with Crippen LogP contribution in [0.2, 0.25) is 0 Å². The van der Waals surface area contributed by atoms with Crippen LogP contribution in [-0.2, 0) is 4.79 Å². The zero-order valence-electron chi connectivity index (χ0n) is 14.7. The van der Waals surface area contributed by atoms with Gasteiger partial charge < -0.3 is 10.6 Å². The number of anilines is 1. The van der Waals surface area contributed by atoms with E-state index in [9.17, 15) is 4.79 Å². The van der Waals surface area contributed by atoms with Crippen molar-refractivity contribution in [2.75, 3.05) is 18.4 Å². The number of piperidine rings is 1. The standard InChI is InChI=1S/C18H25N5O.ClH/c1-12(14-6-8-19-9-7-14)10-17(24)21-16-5-3-4-15(11-16)18-20-13(2)22-23-18;/h3-5,11-12,14,19H,6-10H2,1-2H3,(H,21,24)(H,20,22,23);1H. The molecule has 1 aromatic carbocycles. The van der Waals surface area contributed by atoms with Gasteiger partial charge in [0.05, 0.1) is 0 Å². The van der Waals surface area contributed by atoms with Gasteiger partial charge in [0, 0.05) is 17.7 Å². The van der Waals surface area contributed by atoms with Gasteiger partial charge in [-0.1, -0.05) is 19.1 Å². The second-order valence-corrected chi connectivity index (χ2v) is 6.64. The largest absolute Gasteiger partial charge is 0.326 e. The number of benzene rings is 1. The number of rotatable bonds is 5. The smallest absolute Gasteiger partial charge is 0.224 e. The molecule has 1 atom stereocenters. The number of nitrogens with one attached hydrogen (secondary N) is 3. The van der Waals surface area contributed by atoms with Crippen molar-refractivity contribution in [1.29, 1.82) is 0 Å². The van der Waals surface area contributed by atoms with E-state index in [0.29, 0.717) is 24.1 Å². The van der Waals surface area contributed by atoms with E-state index in [1.54, 1.807) is 0 Å². The van der Waals surface area contributed by atoms with Gasteiger partial charge in [-0.25, -0.2) is 4.98 Å². The number of hydrogen-bond acceptors (Lipinski definition) is 4. The van der Waals surface area contributed by atoms with Crippen LogP contribution in [0.15, 0.2) is 24.3 Å². The lowest BCUT2D eigenvalue weighted by Gasteiger charge is -2.27. The van der Waals surface area contributed by atoms with Crippen molar-refractivity contribution in [3.8, 4) is 11.4 Å². The lowest BCUT2D eigenvalue weighted by Crippen LogP contribution is -2.32. The van der Waals surface area contributed by atoms with Crippen molar-refractivity contribution < 1.29 is 4.79 Å².